The van der Waals surface area contributed by atoms with Crippen LogP contribution in [0.5, 0.6) is 0 Å². The molecule has 0 fully saturated rings. The van der Waals surface area contributed by atoms with E-state index in [9.17, 15) is 9.59 Å². The first-order valence-corrected chi connectivity index (χ1v) is 3.66. The van der Waals surface area contributed by atoms with Gasteiger partial charge < -0.3 is 11.5 Å². The molecule has 0 heterocycles. The molecule has 0 bridgehead atoms. The molecule has 0 spiro atoms. The molecule has 0 aliphatic rings. The fourth-order valence-corrected chi connectivity index (χ4v) is 1.23. The van der Waals surface area contributed by atoms with E-state index in [2.05, 4.69) is 0 Å². The number of likely N-dealkylation sites (N-methyl/N-ethyl adjacent to an activating group) is 1. The highest BCUT2D eigenvalue weighted by molar-refractivity contribution is 6.08. The molecular weight excluding hydrogens is 158 g/mol. The van der Waals surface area contributed by atoms with Crippen LogP contribution in [0.15, 0.2) is 0 Å². The van der Waals surface area contributed by atoms with E-state index in [1.165, 1.54) is 4.90 Å². The molecule has 2 amide bonds. The summed E-state index contributed by atoms with van der Waals surface area (Å²) < 4.78 is 0. The van der Waals surface area contributed by atoms with Crippen LogP contribution in [-0.2, 0) is 9.59 Å². The van der Waals surface area contributed by atoms with Crippen molar-refractivity contribution in [3.8, 4) is 0 Å². The molecule has 0 aromatic carbocycles. The van der Waals surface area contributed by atoms with Crippen molar-refractivity contribution in [2.24, 2.45) is 11.5 Å². The summed E-state index contributed by atoms with van der Waals surface area (Å²) in [5.41, 5.74) is 8.86. The average Bonchev–Trinajstić information content (AvgIpc) is 1.86. The smallest absolute Gasteiger partial charge is 0.247 e. The molecule has 0 saturated carbocycles. The zero-order valence-electron chi connectivity index (χ0n) is 7.63. The van der Waals surface area contributed by atoms with E-state index < -0.39 is 17.4 Å². The number of carbonyl (C=O) groups excluding carboxylic acids is 2. The second kappa shape index (κ2) is 3.53. The summed E-state index contributed by atoms with van der Waals surface area (Å²) in [5.74, 6) is -1.41. The molecule has 5 heteroatoms. The van der Waals surface area contributed by atoms with Gasteiger partial charge in [-0.3, -0.25) is 14.5 Å². The van der Waals surface area contributed by atoms with Gasteiger partial charge in [0.05, 0.1) is 0 Å². The molecule has 0 aliphatic carbocycles. The summed E-state index contributed by atoms with van der Waals surface area (Å²) in [6.45, 7) is 1.69. The standard InChI is InChI=1S/C7H15N3O2/c1-4-7(5(8)11,6(9)12)10(2)3/h4H2,1-3H3,(H2,8,11)(H2,9,12). The zero-order chi connectivity index (χ0) is 9.94. The summed E-state index contributed by atoms with van der Waals surface area (Å²) in [7, 11) is 3.19. The van der Waals surface area contributed by atoms with Gasteiger partial charge in [0.25, 0.3) is 0 Å². The first-order valence-electron chi connectivity index (χ1n) is 3.66. The van der Waals surface area contributed by atoms with Gasteiger partial charge in [-0.2, -0.15) is 0 Å². The second-order valence-electron chi connectivity index (χ2n) is 2.84. The van der Waals surface area contributed by atoms with E-state index in [0.29, 0.717) is 0 Å². The van der Waals surface area contributed by atoms with Crippen LogP contribution in [0.4, 0.5) is 0 Å². The molecule has 0 aliphatic heterocycles. The number of primary amides is 2. The van der Waals surface area contributed by atoms with Crippen molar-refractivity contribution in [3.63, 3.8) is 0 Å². The van der Waals surface area contributed by atoms with E-state index in [4.69, 9.17) is 11.5 Å². The lowest BCUT2D eigenvalue weighted by molar-refractivity contribution is -0.141. The minimum absolute atomic E-state index is 0.282. The van der Waals surface area contributed by atoms with Crippen molar-refractivity contribution >= 4 is 11.8 Å². The fraction of sp³-hybridized carbons (Fsp3) is 0.714. The predicted molar refractivity (Wildman–Crippen MR) is 45.1 cm³/mol. The zero-order valence-corrected chi connectivity index (χ0v) is 7.63. The van der Waals surface area contributed by atoms with Crippen LogP contribution < -0.4 is 11.5 Å². The number of amides is 2. The van der Waals surface area contributed by atoms with Gasteiger partial charge in [-0.25, -0.2) is 0 Å². The molecule has 0 rings (SSSR count). The Morgan fingerprint density at radius 2 is 1.58 bits per heavy atom. The van der Waals surface area contributed by atoms with Crippen molar-refractivity contribution in [2.45, 2.75) is 18.9 Å². The van der Waals surface area contributed by atoms with Crippen LogP contribution in [0.25, 0.3) is 0 Å². The summed E-state index contributed by atoms with van der Waals surface area (Å²) in [6, 6.07) is 0. The highest BCUT2D eigenvalue weighted by atomic mass is 16.2. The maximum absolute atomic E-state index is 11.0. The largest absolute Gasteiger partial charge is 0.368 e. The van der Waals surface area contributed by atoms with E-state index in [-0.39, 0.29) is 6.42 Å². The van der Waals surface area contributed by atoms with Gasteiger partial charge >= 0.3 is 0 Å². The average molecular weight is 173 g/mol. The fourth-order valence-electron chi connectivity index (χ4n) is 1.23. The van der Waals surface area contributed by atoms with Crippen LogP contribution >= 0.6 is 0 Å². The quantitative estimate of drug-likeness (QED) is 0.516. The molecule has 5 nitrogen and oxygen atoms in total. The van der Waals surface area contributed by atoms with Crippen molar-refractivity contribution < 1.29 is 9.59 Å². The van der Waals surface area contributed by atoms with Crippen molar-refractivity contribution in [1.82, 2.24) is 4.90 Å². The van der Waals surface area contributed by atoms with Gasteiger partial charge in [-0.05, 0) is 20.5 Å². The Morgan fingerprint density at radius 1 is 1.25 bits per heavy atom. The molecule has 4 N–H and O–H groups in total. The number of nitrogens with two attached hydrogens (primary N) is 2. The van der Waals surface area contributed by atoms with E-state index in [1.807, 2.05) is 0 Å². The molecule has 0 aromatic rings. The lowest BCUT2D eigenvalue weighted by Gasteiger charge is -2.32. The maximum Gasteiger partial charge on any atom is 0.247 e. The van der Waals surface area contributed by atoms with Gasteiger partial charge in [0.1, 0.15) is 0 Å². The third kappa shape index (κ3) is 1.40. The van der Waals surface area contributed by atoms with Crippen LogP contribution in [0.3, 0.4) is 0 Å². The number of hydrogen-bond donors (Lipinski definition) is 2. The Hall–Kier alpha value is -1.10. The van der Waals surface area contributed by atoms with Crippen molar-refractivity contribution in [1.29, 1.82) is 0 Å². The van der Waals surface area contributed by atoms with Crippen LogP contribution in [-0.4, -0.2) is 36.3 Å². The third-order valence-corrected chi connectivity index (χ3v) is 2.09. The number of hydrogen-bond acceptors (Lipinski definition) is 3. The molecule has 0 atom stereocenters. The van der Waals surface area contributed by atoms with Crippen LogP contribution in [0, 0.1) is 0 Å². The second-order valence-corrected chi connectivity index (χ2v) is 2.84. The SMILES string of the molecule is CCC(C(N)=O)(C(N)=O)N(C)C. The molecule has 0 saturated heterocycles. The maximum atomic E-state index is 11.0. The lowest BCUT2D eigenvalue weighted by Crippen LogP contribution is -2.62. The number of carbonyl (C=O) groups is 2. The lowest BCUT2D eigenvalue weighted by atomic mass is 9.93. The van der Waals surface area contributed by atoms with Crippen LogP contribution in [0.1, 0.15) is 13.3 Å². The van der Waals surface area contributed by atoms with Gasteiger partial charge in [0.15, 0.2) is 5.54 Å². The summed E-state index contributed by atoms with van der Waals surface area (Å²) in [6.07, 6.45) is 0.282. The van der Waals surface area contributed by atoms with Crippen LogP contribution in [0.2, 0.25) is 0 Å². The highest BCUT2D eigenvalue weighted by Gasteiger charge is 2.43. The third-order valence-electron chi connectivity index (χ3n) is 2.09. The van der Waals surface area contributed by atoms with E-state index in [1.54, 1.807) is 21.0 Å². The van der Waals surface area contributed by atoms with E-state index in [0.717, 1.165) is 0 Å². The molecule has 0 unspecified atom stereocenters. The van der Waals surface area contributed by atoms with Gasteiger partial charge in [0, 0.05) is 0 Å². The Labute approximate surface area is 71.7 Å². The molecule has 70 valence electrons. The van der Waals surface area contributed by atoms with Crippen molar-refractivity contribution in [3.05, 3.63) is 0 Å². The summed E-state index contributed by atoms with van der Waals surface area (Å²) in [5, 5.41) is 0. The van der Waals surface area contributed by atoms with E-state index >= 15 is 0 Å². The Kier molecular flexibility index (Phi) is 3.21. The first kappa shape index (κ1) is 10.9. The van der Waals surface area contributed by atoms with Gasteiger partial charge in [0.2, 0.25) is 11.8 Å². The number of nitrogens with zero attached hydrogens (tertiary/aromatic N) is 1. The first-order chi connectivity index (χ1) is 5.39. The minimum atomic E-state index is -1.35. The molecule has 0 aromatic heterocycles. The Balaban J connectivity index is 5.04. The van der Waals surface area contributed by atoms with Gasteiger partial charge in [-0.1, -0.05) is 6.92 Å². The predicted octanol–water partition coefficient (Wildman–Crippen LogP) is -1.33. The molecular formula is C7H15N3O2. The van der Waals surface area contributed by atoms with Gasteiger partial charge in [-0.15, -0.1) is 0 Å². The topological polar surface area (TPSA) is 89.4 Å². The Bertz CT molecular complexity index is 187. The number of rotatable bonds is 4. The highest BCUT2D eigenvalue weighted by Crippen LogP contribution is 2.15. The van der Waals surface area contributed by atoms with Crippen molar-refractivity contribution in [2.75, 3.05) is 14.1 Å². The molecule has 0 radical (unpaired) electrons. The summed E-state index contributed by atoms with van der Waals surface area (Å²) in [4.78, 5) is 23.5. The monoisotopic (exact) mass is 173 g/mol. The normalized spacial score (nSPS) is 11.7. The minimum Gasteiger partial charge on any atom is -0.368 e. The Morgan fingerprint density at radius 3 is 1.58 bits per heavy atom. The molecule has 12 heavy (non-hydrogen) atoms. The summed E-state index contributed by atoms with van der Waals surface area (Å²) >= 11 is 0.